The molecule has 0 aliphatic carbocycles. The molecule has 2 atom stereocenters. The van der Waals surface area contributed by atoms with Crippen LogP contribution in [-0.4, -0.2) is 22.3 Å². The Morgan fingerprint density at radius 3 is 1.15 bits per heavy atom. The third-order valence-electron chi connectivity index (χ3n) is 7.86. The van der Waals surface area contributed by atoms with Crippen LogP contribution in [0.5, 0.6) is 0 Å². The fourth-order valence-corrected chi connectivity index (χ4v) is 5.75. The summed E-state index contributed by atoms with van der Waals surface area (Å²) in [6, 6.07) is 35.6. The monoisotopic (exact) mass is 552 g/mol. The summed E-state index contributed by atoms with van der Waals surface area (Å²) >= 11 is 0. The largest absolute Gasteiger partial charge is 0.271 e. The van der Waals surface area contributed by atoms with E-state index >= 15 is 0 Å². The molecular weight excluding hydrogens is 520 g/mol. The zero-order valence-corrected chi connectivity index (χ0v) is 22.9. The minimum absolute atomic E-state index is 0.253. The first-order valence-electron chi connectivity index (χ1n) is 13.3. The Morgan fingerprint density at radius 1 is 0.561 bits per heavy atom. The van der Waals surface area contributed by atoms with Gasteiger partial charge in [-0.3, -0.25) is 20.1 Å². The number of benzene rings is 4. The Hall–Kier alpha value is -4.34. The molecule has 2 amide bonds. The summed E-state index contributed by atoms with van der Waals surface area (Å²) in [5.41, 5.74) is -2.71. The second kappa shape index (κ2) is 11.3. The summed E-state index contributed by atoms with van der Waals surface area (Å²) < 4.78 is 0. The van der Waals surface area contributed by atoms with Crippen LogP contribution in [0.2, 0.25) is 0 Å². The number of hydrazine groups is 1. The van der Waals surface area contributed by atoms with E-state index < -0.39 is 28.4 Å². The van der Waals surface area contributed by atoms with Crippen molar-refractivity contribution in [3.8, 4) is 0 Å². The van der Waals surface area contributed by atoms with Crippen LogP contribution in [0.1, 0.15) is 37.8 Å². The van der Waals surface area contributed by atoms with Crippen molar-refractivity contribution in [2.75, 3.05) is 10.0 Å². The van der Waals surface area contributed by atoms with Crippen LogP contribution in [0, 0.1) is 5.41 Å². The highest BCUT2D eigenvalue weighted by Gasteiger charge is 2.64. The van der Waals surface area contributed by atoms with Crippen molar-refractivity contribution in [1.82, 2.24) is 0 Å². The molecule has 0 spiro atoms. The topological polar surface area (TPSA) is 99.5 Å². The quantitative estimate of drug-likeness (QED) is 0.131. The lowest BCUT2D eigenvalue weighted by atomic mass is 9.67. The van der Waals surface area contributed by atoms with E-state index in [1.165, 1.54) is 10.0 Å². The second-order valence-corrected chi connectivity index (χ2v) is 10.7. The molecule has 0 radical (unpaired) electrons. The molecule has 1 heterocycles. The van der Waals surface area contributed by atoms with Crippen LogP contribution in [0.4, 0.5) is 11.4 Å². The van der Waals surface area contributed by atoms with Crippen molar-refractivity contribution in [2.24, 2.45) is 5.41 Å². The predicted octanol–water partition coefficient (Wildman–Crippen LogP) is 6.56. The Morgan fingerprint density at radius 2 is 0.854 bits per heavy atom. The van der Waals surface area contributed by atoms with Gasteiger partial charge >= 0.3 is 0 Å². The molecule has 2 N–H and O–H groups in total. The molecule has 2 unspecified atom stereocenters. The number of rotatable bonds is 10. The highest BCUT2D eigenvalue weighted by molar-refractivity contribution is 6.26. The van der Waals surface area contributed by atoms with Gasteiger partial charge in [-0.15, -0.1) is 0 Å². The summed E-state index contributed by atoms with van der Waals surface area (Å²) in [6.07, 6.45) is -0.507. The van der Waals surface area contributed by atoms with Crippen LogP contribution < -0.4 is 10.0 Å². The molecule has 5 rings (SSSR count). The Bertz CT molecular complexity index is 1370. The average molecular weight is 553 g/mol. The van der Waals surface area contributed by atoms with Gasteiger partial charge in [0.05, 0.1) is 11.4 Å². The molecular formula is C33H32N2O6. The summed E-state index contributed by atoms with van der Waals surface area (Å²) in [7, 11) is 0. The van der Waals surface area contributed by atoms with E-state index in [1.54, 1.807) is 111 Å². The normalized spacial score (nSPS) is 17.8. The van der Waals surface area contributed by atoms with Gasteiger partial charge in [-0.1, -0.05) is 97.1 Å². The lowest BCUT2D eigenvalue weighted by Crippen LogP contribution is -2.48. The van der Waals surface area contributed by atoms with Crippen molar-refractivity contribution in [3.05, 3.63) is 132 Å². The molecule has 210 valence electrons. The summed E-state index contributed by atoms with van der Waals surface area (Å²) in [5.74, 6) is -1.09. The standard InChI is InChI=1S/C33H32N2O6/c1-31(40-38,25-15-7-3-8-16-25)23-33(24-32(2,41-39)26-17-9-4-10-18-26)29(36)34(27-19-11-5-12-20-27)35(30(33)37)28-21-13-6-14-22-28/h3-22,38-39H,23-24H2,1-2H3. The molecule has 8 nitrogen and oxygen atoms in total. The smallest absolute Gasteiger partial charge is 0.262 e. The van der Waals surface area contributed by atoms with Crippen molar-refractivity contribution in [3.63, 3.8) is 0 Å². The molecule has 0 aromatic heterocycles. The van der Waals surface area contributed by atoms with Crippen LogP contribution in [-0.2, 0) is 30.6 Å². The Balaban J connectivity index is 1.74. The maximum atomic E-state index is 14.9. The summed E-state index contributed by atoms with van der Waals surface area (Å²) in [4.78, 5) is 39.9. The first-order valence-corrected chi connectivity index (χ1v) is 13.3. The highest BCUT2D eigenvalue weighted by Crippen LogP contribution is 2.52. The highest BCUT2D eigenvalue weighted by atomic mass is 17.1. The van der Waals surface area contributed by atoms with Gasteiger partial charge < -0.3 is 0 Å². The van der Waals surface area contributed by atoms with Crippen LogP contribution >= 0.6 is 0 Å². The number of anilines is 2. The van der Waals surface area contributed by atoms with E-state index in [9.17, 15) is 20.1 Å². The molecule has 0 saturated carbocycles. The van der Waals surface area contributed by atoms with Gasteiger partial charge in [0.1, 0.15) is 16.6 Å². The van der Waals surface area contributed by atoms with Gasteiger partial charge in [0.15, 0.2) is 0 Å². The molecule has 4 aromatic carbocycles. The zero-order chi connectivity index (χ0) is 29.1. The van der Waals surface area contributed by atoms with Gasteiger partial charge in [-0.2, -0.15) is 0 Å². The van der Waals surface area contributed by atoms with Crippen molar-refractivity contribution in [2.45, 2.75) is 37.9 Å². The fourth-order valence-electron chi connectivity index (χ4n) is 5.75. The van der Waals surface area contributed by atoms with E-state index in [0.29, 0.717) is 22.5 Å². The molecule has 1 saturated heterocycles. The van der Waals surface area contributed by atoms with Crippen LogP contribution in [0.15, 0.2) is 121 Å². The van der Waals surface area contributed by atoms with E-state index in [1.807, 2.05) is 24.3 Å². The van der Waals surface area contributed by atoms with Crippen molar-refractivity contribution < 1.29 is 29.9 Å². The van der Waals surface area contributed by atoms with Gasteiger partial charge in [0.2, 0.25) is 0 Å². The van der Waals surface area contributed by atoms with E-state index in [4.69, 9.17) is 9.78 Å². The third-order valence-corrected chi connectivity index (χ3v) is 7.86. The molecule has 1 aliphatic heterocycles. The molecule has 8 heteroatoms. The van der Waals surface area contributed by atoms with E-state index in [-0.39, 0.29) is 12.8 Å². The van der Waals surface area contributed by atoms with Gasteiger partial charge in [-0.25, -0.2) is 19.8 Å². The average Bonchev–Trinajstić information content (AvgIpc) is 3.23. The van der Waals surface area contributed by atoms with Crippen LogP contribution in [0.25, 0.3) is 0 Å². The lowest BCUT2D eigenvalue weighted by Gasteiger charge is -2.39. The maximum Gasteiger partial charge on any atom is 0.262 e. The number of carbonyl (C=O) groups is 2. The number of hydrogen-bond donors (Lipinski definition) is 2. The van der Waals surface area contributed by atoms with Crippen molar-refractivity contribution >= 4 is 23.2 Å². The minimum atomic E-state index is -1.85. The van der Waals surface area contributed by atoms with Gasteiger partial charge in [0.25, 0.3) is 11.8 Å². The number of carbonyl (C=O) groups excluding carboxylic acids is 2. The second-order valence-electron chi connectivity index (χ2n) is 10.7. The molecule has 41 heavy (non-hydrogen) atoms. The van der Waals surface area contributed by atoms with E-state index in [2.05, 4.69) is 0 Å². The summed E-state index contributed by atoms with van der Waals surface area (Å²) in [6.45, 7) is 3.25. The predicted molar refractivity (Wildman–Crippen MR) is 155 cm³/mol. The third kappa shape index (κ3) is 5.03. The van der Waals surface area contributed by atoms with Crippen LogP contribution in [0.3, 0.4) is 0 Å². The Labute approximate surface area is 238 Å². The van der Waals surface area contributed by atoms with Gasteiger partial charge in [-0.05, 0) is 49.2 Å². The molecule has 4 aromatic rings. The molecule has 1 fully saturated rings. The number of nitrogens with zero attached hydrogens (tertiary/aromatic N) is 2. The zero-order valence-electron chi connectivity index (χ0n) is 22.9. The number of hydrogen-bond acceptors (Lipinski definition) is 6. The SMILES string of the molecule is CC(CC1(CC(C)(OO)c2ccccc2)C(=O)N(c2ccccc2)N(c2ccccc2)C1=O)(OO)c1ccccc1. The number of amides is 2. The van der Waals surface area contributed by atoms with Gasteiger partial charge in [0, 0.05) is 12.8 Å². The lowest BCUT2D eigenvalue weighted by molar-refractivity contribution is -0.340. The summed E-state index contributed by atoms with van der Waals surface area (Å²) in [5, 5.41) is 23.3. The van der Waals surface area contributed by atoms with E-state index in [0.717, 1.165) is 0 Å². The first-order chi connectivity index (χ1) is 19.8. The fraction of sp³-hybridized carbons (Fsp3) is 0.212. The molecule has 1 aliphatic rings. The Kier molecular flexibility index (Phi) is 7.75. The van der Waals surface area contributed by atoms with Crippen molar-refractivity contribution in [1.29, 1.82) is 0 Å². The number of para-hydroxylation sites is 2. The molecule has 0 bridgehead atoms. The maximum absolute atomic E-state index is 14.9. The first kappa shape index (κ1) is 28.2. The minimum Gasteiger partial charge on any atom is -0.271 e.